The van der Waals surface area contributed by atoms with Crippen molar-refractivity contribution in [3.63, 3.8) is 0 Å². The average Bonchev–Trinajstić information content (AvgIpc) is 3.58. The molecule has 2 aliphatic carbocycles. The van der Waals surface area contributed by atoms with E-state index in [1.54, 1.807) is 20.3 Å². The van der Waals surface area contributed by atoms with Crippen molar-refractivity contribution in [2.24, 2.45) is 17.8 Å². The molecule has 7 nitrogen and oxygen atoms in total. The van der Waals surface area contributed by atoms with Gasteiger partial charge in [-0.25, -0.2) is 0 Å². The molecule has 1 aromatic carbocycles. The van der Waals surface area contributed by atoms with Crippen molar-refractivity contribution in [3.8, 4) is 22.9 Å². The van der Waals surface area contributed by atoms with Gasteiger partial charge in [-0.15, -0.1) is 5.10 Å². The fourth-order valence-corrected chi connectivity index (χ4v) is 3.59. The van der Waals surface area contributed by atoms with Crippen molar-refractivity contribution in [2.75, 3.05) is 19.5 Å². The summed E-state index contributed by atoms with van der Waals surface area (Å²) in [6.07, 6.45) is 5.67. The Morgan fingerprint density at radius 1 is 1.23 bits per heavy atom. The molecule has 2 N–H and O–H groups in total. The molecule has 4 rings (SSSR count). The molecule has 1 aromatic heterocycles. The number of anilines is 1. The van der Waals surface area contributed by atoms with Crippen LogP contribution in [0.4, 0.5) is 5.95 Å². The van der Waals surface area contributed by atoms with E-state index in [4.69, 9.17) is 9.47 Å². The average molecular weight is 356 g/mol. The van der Waals surface area contributed by atoms with Gasteiger partial charge in [-0.3, -0.25) is 15.2 Å². The number of aromatic nitrogens is 3. The van der Waals surface area contributed by atoms with Crippen molar-refractivity contribution >= 4 is 11.9 Å². The van der Waals surface area contributed by atoms with Crippen LogP contribution in [0.15, 0.2) is 18.2 Å². The van der Waals surface area contributed by atoms with Gasteiger partial charge in [-0.1, -0.05) is 0 Å². The number of nitrogens with one attached hydrogen (secondary N) is 2. The molecule has 0 spiro atoms. The summed E-state index contributed by atoms with van der Waals surface area (Å²) in [6, 6.07) is 5.46. The van der Waals surface area contributed by atoms with Gasteiger partial charge in [-0.05, 0) is 55.6 Å². The maximum absolute atomic E-state index is 12.4. The Morgan fingerprint density at radius 3 is 2.58 bits per heavy atom. The van der Waals surface area contributed by atoms with Gasteiger partial charge in [0.15, 0.2) is 5.82 Å². The number of amides is 1. The Labute approximate surface area is 152 Å². The molecule has 2 aliphatic rings. The number of nitrogens with zero attached hydrogens (tertiary/aromatic N) is 2. The number of hydrogen-bond donors (Lipinski definition) is 2. The molecule has 0 bridgehead atoms. The summed E-state index contributed by atoms with van der Waals surface area (Å²) in [5.41, 5.74) is 0.759. The molecule has 0 radical (unpaired) electrons. The topological polar surface area (TPSA) is 89.1 Å². The zero-order valence-electron chi connectivity index (χ0n) is 15.1. The lowest BCUT2D eigenvalue weighted by Gasteiger charge is -2.13. The third kappa shape index (κ3) is 3.66. The number of hydrogen-bond acceptors (Lipinski definition) is 5. The highest BCUT2D eigenvalue weighted by Crippen LogP contribution is 2.50. The first kappa shape index (κ1) is 16.9. The van der Waals surface area contributed by atoms with Crippen molar-refractivity contribution < 1.29 is 14.3 Å². The van der Waals surface area contributed by atoms with Crippen LogP contribution in [-0.2, 0) is 4.79 Å². The third-order valence-corrected chi connectivity index (χ3v) is 5.28. The Kier molecular flexibility index (Phi) is 4.53. The molecule has 0 unspecified atom stereocenters. The first-order valence-corrected chi connectivity index (χ1v) is 9.12. The van der Waals surface area contributed by atoms with Crippen molar-refractivity contribution in [1.82, 2.24) is 15.2 Å². The van der Waals surface area contributed by atoms with E-state index in [1.807, 2.05) is 12.1 Å². The van der Waals surface area contributed by atoms with Crippen LogP contribution in [-0.4, -0.2) is 35.3 Å². The fourth-order valence-electron chi connectivity index (χ4n) is 3.59. The van der Waals surface area contributed by atoms with Gasteiger partial charge in [0.25, 0.3) is 0 Å². The van der Waals surface area contributed by atoms with Crippen LogP contribution in [0.25, 0.3) is 11.4 Å². The maximum Gasteiger partial charge on any atom is 0.249 e. The molecule has 138 valence electrons. The van der Waals surface area contributed by atoms with Gasteiger partial charge < -0.3 is 9.47 Å². The predicted octanol–water partition coefficient (Wildman–Crippen LogP) is 3.25. The van der Waals surface area contributed by atoms with Crippen LogP contribution < -0.4 is 14.8 Å². The number of rotatable bonds is 8. The van der Waals surface area contributed by atoms with E-state index in [1.165, 1.54) is 25.7 Å². The second-order valence-electron chi connectivity index (χ2n) is 7.16. The molecule has 26 heavy (non-hydrogen) atoms. The summed E-state index contributed by atoms with van der Waals surface area (Å²) in [5, 5.41) is 9.82. The smallest absolute Gasteiger partial charge is 0.249 e. The minimum Gasteiger partial charge on any atom is -0.497 e. The lowest BCUT2D eigenvalue weighted by atomic mass is 9.94. The van der Waals surface area contributed by atoms with Crippen molar-refractivity contribution in [2.45, 2.75) is 32.1 Å². The molecule has 2 saturated carbocycles. The van der Waals surface area contributed by atoms with E-state index in [0.717, 1.165) is 17.4 Å². The molecule has 0 saturated heterocycles. The van der Waals surface area contributed by atoms with Gasteiger partial charge in [0, 0.05) is 12.5 Å². The molecular formula is C19H24N4O3. The van der Waals surface area contributed by atoms with E-state index in [0.29, 0.717) is 35.6 Å². The molecule has 1 heterocycles. The van der Waals surface area contributed by atoms with Crippen molar-refractivity contribution in [3.05, 3.63) is 18.2 Å². The highest BCUT2D eigenvalue weighted by atomic mass is 16.5. The number of benzene rings is 1. The van der Waals surface area contributed by atoms with Crippen LogP contribution in [0.1, 0.15) is 32.1 Å². The number of H-pyrrole nitrogens is 1. The second-order valence-corrected chi connectivity index (χ2v) is 7.16. The highest BCUT2D eigenvalue weighted by Gasteiger charge is 2.42. The van der Waals surface area contributed by atoms with E-state index in [-0.39, 0.29) is 5.91 Å². The first-order chi connectivity index (χ1) is 12.7. The number of ether oxygens (including phenoxy) is 2. The second kappa shape index (κ2) is 6.97. The van der Waals surface area contributed by atoms with E-state index in [2.05, 4.69) is 20.5 Å². The van der Waals surface area contributed by atoms with Gasteiger partial charge in [0.05, 0.1) is 19.8 Å². The quantitative estimate of drug-likeness (QED) is 0.758. The van der Waals surface area contributed by atoms with Gasteiger partial charge in [-0.2, -0.15) is 4.98 Å². The minimum atomic E-state index is 0.000968. The SMILES string of the molecule is COc1ccc(-c2nc(NC(=O)CC(C3CC3)C3CC3)n[nH]2)c(OC)c1. The lowest BCUT2D eigenvalue weighted by Crippen LogP contribution is -2.19. The summed E-state index contributed by atoms with van der Waals surface area (Å²) in [5.74, 6) is 4.20. The van der Waals surface area contributed by atoms with Crippen molar-refractivity contribution in [1.29, 1.82) is 0 Å². The molecule has 2 fully saturated rings. The maximum atomic E-state index is 12.4. The molecule has 0 atom stereocenters. The standard InChI is InChI=1S/C19H24N4O3/c1-25-13-7-8-14(16(9-13)26-2)18-21-19(23-22-18)20-17(24)10-15(11-3-4-11)12-5-6-12/h7-9,11-12,15H,3-6,10H2,1-2H3,(H2,20,21,22,23,24). The minimum absolute atomic E-state index is 0.000968. The van der Waals surface area contributed by atoms with Crippen LogP contribution >= 0.6 is 0 Å². The normalized spacial score (nSPS) is 16.6. The molecule has 1 amide bonds. The van der Waals surface area contributed by atoms with Gasteiger partial charge in [0.1, 0.15) is 11.5 Å². The Balaban J connectivity index is 1.43. The zero-order valence-corrected chi connectivity index (χ0v) is 15.1. The summed E-state index contributed by atoms with van der Waals surface area (Å²) in [4.78, 5) is 16.8. The summed E-state index contributed by atoms with van der Waals surface area (Å²) >= 11 is 0. The summed E-state index contributed by atoms with van der Waals surface area (Å²) < 4.78 is 10.6. The lowest BCUT2D eigenvalue weighted by molar-refractivity contribution is -0.117. The Morgan fingerprint density at radius 2 is 1.96 bits per heavy atom. The number of carbonyl (C=O) groups excluding carboxylic acids is 1. The number of methoxy groups -OCH3 is 2. The molecular weight excluding hydrogens is 332 g/mol. The highest BCUT2D eigenvalue weighted by molar-refractivity contribution is 5.89. The third-order valence-electron chi connectivity index (χ3n) is 5.28. The van der Waals surface area contributed by atoms with E-state index < -0.39 is 0 Å². The molecule has 2 aromatic rings. The zero-order chi connectivity index (χ0) is 18.1. The first-order valence-electron chi connectivity index (χ1n) is 9.12. The molecule has 7 heteroatoms. The summed E-state index contributed by atoms with van der Waals surface area (Å²) in [6.45, 7) is 0. The fraction of sp³-hybridized carbons (Fsp3) is 0.526. The number of aromatic amines is 1. The van der Waals surface area contributed by atoms with Crippen LogP contribution in [0.2, 0.25) is 0 Å². The van der Waals surface area contributed by atoms with Gasteiger partial charge in [0.2, 0.25) is 11.9 Å². The largest absolute Gasteiger partial charge is 0.497 e. The van der Waals surface area contributed by atoms with Gasteiger partial charge >= 0.3 is 0 Å². The number of carbonyl (C=O) groups is 1. The predicted molar refractivity (Wildman–Crippen MR) is 97.1 cm³/mol. The van der Waals surface area contributed by atoms with E-state index >= 15 is 0 Å². The van der Waals surface area contributed by atoms with E-state index in [9.17, 15) is 4.79 Å². The Bertz CT molecular complexity index is 784. The van der Waals surface area contributed by atoms with Crippen LogP contribution in [0.5, 0.6) is 11.5 Å². The van der Waals surface area contributed by atoms with Crippen LogP contribution in [0, 0.1) is 17.8 Å². The monoisotopic (exact) mass is 356 g/mol. The van der Waals surface area contributed by atoms with Crippen LogP contribution in [0.3, 0.4) is 0 Å². The summed E-state index contributed by atoms with van der Waals surface area (Å²) in [7, 11) is 3.19. The Hall–Kier alpha value is -2.57. The molecule has 0 aliphatic heterocycles.